The third-order valence-electron chi connectivity index (χ3n) is 4.60. The van der Waals surface area contributed by atoms with Crippen molar-refractivity contribution in [2.45, 2.75) is 12.5 Å². The number of ether oxygens (including phenoxy) is 1. The molecule has 1 fully saturated rings. The summed E-state index contributed by atoms with van der Waals surface area (Å²) in [5, 5.41) is 8.53. The van der Waals surface area contributed by atoms with E-state index in [2.05, 4.69) is 15.3 Å². The van der Waals surface area contributed by atoms with E-state index < -0.39 is 0 Å². The van der Waals surface area contributed by atoms with E-state index in [1.54, 1.807) is 25.4 Å². The molecule has 1 aliphatic rings. The van der Waals surface area contributed by atoms with Crippen LogP contribution in [0.1, 0.15) is 22.8 Å². The van der Waals surface area contributed by atoms with Gasteiger partial charge in [0.15, 0.2) is 0 Å². The minimum atomic E-state index is -0.0222. The number of carbonyl (C=O) groups excluding carboxylic acids is 1. The lowest BCUT2D eigenvalue weighted by Crippen LogP contribution is -2.29. The second-order valence-electron chi connectivity index (χ2n) is 6.23. The van der Waals surface area contributed by atoms with E-state index >= 15 is 0 Å². The van der Waals surface area contributed by atoms with Crippen molar-refractivity contribution in [1.82, 2.24) is 24.9 Å². The molecule has 0 aliphatic carbocycles. The van der Waals surface area contributed by atoms with Crippen LogP contribution in [0.5, 0.6) is 5.88 Å². The molecule has 1 atom stereocenters. The van der Waals surface area contributed by atoms with Crippen LogP contribution in [0.2, 0.25) is 0 Å². The van der Waals surface area contributed by atoms with Crippen LogP contribution in [-0.2, 0) is 0 Å². The van der Waals surface area contributed by atoms with Gasteiger partial charge in [-0.2, -0.15) is 0 Å². The van der Waals surface area contributed by atoms with E-state index in [0.29, 0.717) is 24.5 Å². The molecule has 132 valence electrons. The van der Waals surface area contributed by atoms with Crippen LogP contribution in [0.4, 0.5) is 0 Å². The molecular weight excluding hydrogens is 330 g/mol. The first-order chi connectivity index (χ1) is 12.7. The Hall–Kier alpha value is -3.22. The smallest absolute Gasteiger partial charge is 0.255 e. The van der Waals surface area contributed by atoms with Gasteiger partial charge < -0.3 is 9.64 Å². The van der Waals surface area contributed by atoms with Gasteiger partial charge in [0.2, 0.25) is 5.88 Å². The van der Waals surface area contributed by atoms with E-state index in [9.17, 15) is 4.79 Å². The van der Waals surface area contributed by atoms with E-state index in [1.165, 1.54) is 0 Å². The monoisotopic (exact) mass is 349 g/mol. The Bertz CT molecular complexity index is 892. The predicted octanol–water partition coefficient (Wildman–Crippen LogP) is 2.44. The number of benzene rings is 1. The zero-order chi connectivity index (χ0) is 17.9. The fourth-order valence-corrected chi connectivity index (χ4v) is 3.15. The fourth-order valence-electron chi connectivity index (χ4n) is 3.15. The molecule has 0 N–H and O–H groups in total. The Morgan fingerprint density at radius 3 is 2.77 bits per heavy atom. The molecule has 2 aromatic heterocycles. The molecule has 0 bridgehead atoms. The summed E-state index contributed by atoms with van der Waals surface area (Å²) in [5.74, 6) is 0.475. The van der Waals surface area contributed by atoms with Gasteiger partial charge in [0.25, 0.3) is 5.91 Å². The Labute approximate surface area is 151 Å². The maximum absolute atomic E-state index is 12.6. The molecule has 0 spiro atoms. The van der Waals surface area contributed by atoms with Crippen molar-refractivity contribution in [2.24, 2.45) is 0 Å². The van der Waals surface area contributed by atoms with E-state index in [-0.39, 0.29) is 11.9 Å². The summed E-state index contributed by atoms with van der Waals surface area (Å²) in [4.78, 5) is 18.6. The van der Waals surface area contributed by atoms with Crippen molar-refractivity contribution in [1.29, 1.82) is 0 Å². The number of rotatable bonds is 4. The predicted molar refractivity (Wildman–Crippen MR) is 95.8 cm³/mol. The normalized spacial score (nSPS) is 16.7. The molecule has 0 saturated carbocycles. The molecule has 26 heavy (non-hydrogen) atoms. The lowest BCUT2D eigenvalue weighted by molar-refractivity contribution is 0.0786. The van der Waals surface area contributed by atoms with Crippen molar-refractivity contribution in [3.8, 4) is 17.1 Å². The third-order valence-corrected chi connectivity index (χ3v) is 4.60. The number of likely N-dealkylation sites (tertiary alicyclic amines) is 1. The molecule has 1 aliphatic heterocycles. The van der Waals surface area contributed by atoms with Crippen LogP contribution in [0.3, 0.4) is 0 Å². The molecule has 7 heteroatoms. The molecule has 1 amide bonds. The zero-order valence-electron chi connectivity index (χ0n) is 14.4. The van der Waals surface area contributed by atoms with Crippen LogP contribution in [0, 0.1) is 0 Å². The van der Waals surface area contributed by atoms with Crippen LogP contribution >= 0.6 is 0 Å². The fraction of sp³-hybridized carbons (Fsp3) is 0.263. The second kappa shape index (κ2) is 6.95. The lowest BCUT2D eigenvalue weighted by Gasteiger charge is -2.16. The molecule has 0 radical (unpaired) electrons. The summed E-state index contributed by atoms with van der Waals surface area (Å²) < 4.78 is 6.90. The molecule has 4 rings (SSSR count). The first-order valence-corrected chi connectivity index (χ1v) is 8.51. The number of amides is 1. The number of nitrogens with zero attached hydrogens (tertiary/aromatic N) is 5. The number of aromatic nitrogens is 4. The molecule has 1 aromatic carbocycles. The summed E-state index contributed by atoms with van der Waals surface area (Å²) in [6, 6.07) is 13.5. The average Bonchev–Trinajstić information content (AvgIpc) is 3.38. The van der Waals surface area contributed by atoms with Gasteiger partial charge in [0.1, 0.15) is 5.69 Å². The van der Waals surface area contributed by atoms with Gasteiger partial charge in [-0.15, -0.1) is 5.10 Å². The van der Waals surface area contributed by atoms with Crippen molar-refractivity contribution in [3.05, 3.63) is 60.4 Å². The van der Waals surface area contributed by atoms with Crippen LogP contribution in [-0.4, -0.2) is 51.0 Å². The van der Waals surface area contributed by atoms with Gasteiger partial charge in [-0.1, -0.05) is 35.5 Å². The topological polar surface area (TPSA) is 73.1 Å². The van der Waals surface area contributed by atoms with Crippen LogP contribution < -0.4 is 4.74 Å². The van der Waals surface area contributed by atoms with Gasteiger partial charge in [-0.3, -0.25) is 4.79 Å². The van der Waals surface area contributed by atoms with Crippen molar-refractivity contribution >= 4 is 5.91 Å². The van der Waals surface area contributed by atoms with E-state index in [1.807, 2.05) is 46.1 Å². The van der Waals surface area contributed by atoms with Gasteiger partial charge in [-0.25, -0.2) is 9.67 Å². The Kier molecular flexibility index (Phi) is 4.35. The standard InChI is InChI=1S/C19H19N5O2/c1-26-18-8-7-15(11-20-18)19(25)23-10-9-16(12-23)24-13-17(21-22-24)14-5-3-2-4-6-14/h2-8,11,13,16H,9-10,12H2,1H3. The molecule has 3 aromatic rings. The SMILES string of the molecule is COc1ccc(C(=O)N2CCC(n3cc(-c4ccccc4)nn3)C2)cn1. The molecule has 1 saturated heterocycles. The van der Waals surface area contributed by atoms with Crippen LogP contribution in [0.25, 0.3) is 11.3 Å². The number of hydrogen-bond donors (Lipinski definition) is 0. The van der Waals surface area contributed by atoms with Crippen LogP contribution in [0.15, 0.2) is 54.9 Å². The maximum atomic E-state index is 12.6. The molecule has 3 heterocycles. The highest BCUT2D eigenvalue weighted by atomic mass is 16.5. The Balaban J connectivity index is 1.45. The zero-order valence-corrected chi connectivity index (χ0v) is 14.4. The van der Waals surface area contributed by atoms with Gasteiger partial charge in [0, 0.05) is 30.9 Å². The summed E-state index contributed by atoms with van der Waals surface area (Å²) in [6.07, 6.45) is 4.35. The van der Waals surface area contributed by atoms with Crippen molar-refractivity contribution in [3.63, 3.8) is 0 Å². The average molecular weight is 349 g/mol. The van der Waals surface area contributed by atoms with Gasteiger partial charge in [0.05, 0.1) is 24.9 Å². The highest BCUT2D eigenvalue weighted by Crippen LogP contribution is 2.24. The summed E-state index contributed by atoms with van der Waals surface area (Å²) >= 11 is 0. The largest absolute Gasteiger partial charge is 0.481 e. The first-order valence-electron chi connectivity index (χ1n) is 8.51. The number of carbonyl (C=O) groups is 1. The quantitative estimate of drug-likeness (QED) is 0.723. The summed E-state index contributed by atoms with van der Waals surface area (Å²) in [5.41, 5.74) is 2.44. The molecule has 7 nitrogen and oxygen atoms in total. The number of pyridine rings is 1. The molecular formula is C19H19N5O2. The third kappa shape index (κ3) is 3.15. The van der Waals surface area contributed by atoms with E-state index in [4.69, 9.17) is 4.74 Å². The van der Waals surface area contributed by atoms with E-state index in [0.717, 1.165) is 17.7 Å². The van der Waals surface area contributed by atoms with Crippen molar-refractivity contribution < 1.29 is 9.53 Å². The molecule has 1 unspecified atom stereocenters. The minimum Gasteiger partial charge on any atom is -0.481 e. The van der Waals surface area contributed by atoms with Gasteiger partial charge in [-0.05, 0) is 12.5 Å². The Morgan fingerprint density at radius 1 is 1.19 bits per heavy atom. The first kappa shape index (κ1) is 16.3. The highest BCUT2D eigenvalue weighted by Gasteiger charge is 2.29. The summed E-state index contributed by atoms with van der Waals surface area (Å²) in [7, 11) is 1.55. The second-order valence-corrected chi connectivity index (χ2v) is 6.23. The van der Waals surface area contributed by atoms with Crippen molar-refractivity contribution in [2.75, 3.05) is 20.2 Å². The lowest BCUT2D eigenvalue weighted by atomic mass is 10.2. The maximum Gasteiger partial charge on any atom is 0.255 e. The number of methoxy groups -OCH3 is 1. The van der Waals surface area contributed by atoms with Gasteiger partial charge >= 0.3 is 0 Å². The minimum absolute atomic E-state index is 0.0222. The summed E-state index contributed by atoms with van der Waals surface area (Å²) in [6.45, 7) is 1.30. The Morgan fingerprint density at radius 2 is 2.04 bits per heavy atom. The number of hydrogen-bond acceptors (Lipinski definition) is 5. The highest BCUT2D eigenvalue weighted by molar-refractivity contribution is 5.94.